The average molecular weight is 324 g/mol. The van der Waals surface area contributed by atoms with E-state index >= 15 is 0 Å². The molecule has 1 aromatic carbocycles. The van der Waals surface area contributed by atoms with Crippen LogP contribution in [-0.2, 0) is 4.79 Å². The molecule has 6 heteroatoms. The number of carbonyl (C=O) groups excluding carboxylic acids is 1. The molecule has 24 heavy (non-hydrogen) atoms. The Morgan fingerprint density at radius 1 is 1.29 bits per heavy atom. The van der Waals surface area contributed by atoms with Gasteiger partial charge in [-0.25, -0.2) is 4.98 Å². The van der Waals surface area contributed by atoms with Crippen molar-refractivity contribution in [1.82, 2.24) is 15.3 Å². The van der Waals surface area contributed by atoms with E-state index in [2.05, 4.69) is 20.6 Å². The van der Waals surface area contributed by atoms with Gasteiger partial charge in [0.15, 0.2) is 0 Å². The number of rotatable bonds is 3. The van der Waals surface area contributed by atoms with Gasteiger partial charge in [0.05, 0.1) is 22.9 Å². The summed E-state index contributed by atoms with van der Waals surface area (Å²) in [5.41, 5.74) is 3.13. The van der Waals surface area contributed by atoms with Crippen LogP contribution < -0.4 is 10.6 Å². The minimum atomic E-state index is -0.309. The van der Waals surface area contributed by atoms with Crippen LogP contribution in [0.2, 0.25) is 0 Å². The summed E-state index contributed by atoms with van der Waals surface area (Å²) in [7, 11) is 0. The number of benzene rings is 1. The van der Waals surface area contributed by atoms with Gasteiger partial charge in [-0.05, 0) is 50.2 Å². The zero-order chi connectivity index (χ0) is 16.6. The van der Waals surface area contributed by atoms with E-state index in [1.165, 1.54) is 0 Å². The van der Waals surface area contributed by atoms with Crippen LogP contribution in [0, 0.1) is 5.41 Å². The van der Waals surface area contributed by atoms with Gasteiger partial charge >= 0.3 is 0 Å². The summed E-state index contributed by atoms with van der Waals surface area (Å²) < 4.78 is 5.10. The molecule has 1 saturated heterocycles. The van der Waals surface area contributed by atoms with E-state index in [9.17, 15) is 4.79 Å². The van der Waals surface area contributed by atoms with Gasteiger partial charge in [0.25, 0.3) is 0 Å². The SMILES string of the molecule is CC1(C(=O)Nc2ccc3nc(-c4ccoc4)[nH]c3c2)CCNCC1. The zero-order valence-corrected chi connectivity index (χ0v) is 13.6. The summed E-state index contributed by atoms with van der Waals surface area (Å²) in [5.74, 6) is 0.838. The molecule has 0 bridgehead atoms. The highest BCUT2D eigenvalue weighted by Crippen LogP contribution is 2.30. The Labute approximate surface area is 139 Å². The Hall–Kier alpha value is -2.60. The monoisotopic (exact) mass is 324 g/mol. The third kappa shape index (κ3) is 2.69. The molecule has 0 unspecified atom stereocenters. The van der Waals surface area contributed by atoms with E-state index in [4.69, 9.17) is 4.42 Å². The number of H-pyrrole nitrogens is 1. The van der Waals surface area contributed by atoms with Crippen molar-refractivity contribution in [1.29, 1.82) is 0 Å². The van der Waals surface area contributed by atoms with Gasteiger partial charge in [-0.15, -0.1) is 0 Å². The molecule has 1 aliphatic heterocycles. The molecule has 2 aromatic heterocycles. The number of aromatic amines is 1. The molecule has 0 saturated carbocycles. The van der Waals surface area contributed by atoms with E-state index in [1.54, 1.807) is 12.5 Å². The molecule has 124 valence electrons. The van der Waals surface area contributed by atoms with Crippen molar-refractivity contribution < 1.29 is 9.21 Å². The Balaban J connectivity index is 1.57. The summed E-state index contributed by atoms with van der Waals surface area (Å²) >= 11 is 0. The maximum atomic E-state index is 12.6. The third-order valence-corrected chi connectivity index (χ3v) is 4.79. The number of piperidine rings is 1. The number of hydrogen-bond donors (Lipinski definition) is 3. The summed E-state index contributed by atoms with van der Waals surface area (Å²) in [6.07, 6.45) is 4.98. The highest BCUT2D eigenvalue weighted by molar-refractivity contribution is 5.97. The Morgan fingerprint density at radius 2 is 2.12 bits per heavy atom. The second kappa shape index (κ2) is 5.79. The number of anilines is 1. The minimum absolute atomic E-state index is 0.0814. The summed E-state index contributed by atoms with van der Waals surface area (Å²) in [4.78, 5) is 20.5. The predicted octanol–water partition coefficient (Wildman–Crippen LogP) is 3.15. The van der Waals surface area contributed by atoms with E-state index < -0.39 is 0 Å². The van der Waals surface area contributed by atoms with E-state index in [1.807, 2.05) is 31.2 Å². The smallest absolute Gasteiger partial charge is 0.230 e. The lowest BCUT2D eigenvalue weighted by Gasteiger charge is -2.32. The van der Waals surface area contributed by atoms with Crippen LogP contribution in [-0.4, -0.2) is 29.0 Å². The van der Waals surface area contributed by atoms with Crippen molar-refractivity contribution in [3.63, 3.8) is 0 Å². The molecule has 3 heterocycles. The van der Waals surface area contributed by atoms with Crippen molar-refractivity contribution >= 4 is 22.6 Å². The summed E-state index contributed by atoms with van der Waals surface area (Å²) in [6.45, 7) is 3.81. The first-order valence-electron chi connectivity index (χ1n) is 8.19. The Kier molecular flexibility index (Phi) is 3.61. The van der Waals surface area contributed by atoms with Gasteiger partial charge in [0, 0.05) is 11.1 Å². The van der Waals surface area contributed by atoms with Crippen LogP contribution in [0.3, 0.4) is 0 Å². The van der Waals surface area contributed by atoms with Gasteiger partial charge in [-0.3, -0.25) is 4.79 Å². The maximum absolute atomic E-state index is 12.6. The molecule has 3 N–H and O–H groups in total. The second-order valence-electron chi connectivity index (χ2n) is 6.59. The van der Waals surface area contributed by atoms with Crippen LogP contribution in [0.15, 0.2) is 41.2 Å². The highest BCUT2D eigenvalue weighted by Gasteiger charge is 2.34. The second-order valence-corrected chi connectivity index (χ2v) is 6.59. The first kappa shape index (κ1) is 15.0. The number of aromatic nitrogens is 2. The molecule has 1 aliphatic rings. The van der Waals surface area contributed by atoms with Crippen LogP contribution in [0.4, 0.5) is 5.69 Å². The van der Waals surface area contributed by atoms with E-state index in [-0.39, 0.29) is 11.3 Å². The lowest BCUT2D eigenvalue weighted by Crippen LogP contribution is -2.42. The molecule has 0 atom stereocenters. The Bertz CT molecular complexity index is 860. The highest BCUT2D eigenvalue weighted by atomic mass is 16.3. The first-order chi connectivity index (χ1) is 11.6. The number of imidazole rings is 1. The topological polar surface area (TPSA) is 83.0 Å². The van der Waals surface area contributed by atoms with Gasteiger partial charge in [-0.1, -0.05) is 6.92 Å². The molecule has 6 nitrogen and oxygen atoms in total. The predicted molar refractivity (Wildman–Crippen MR) is 92.6 cm³/mol. The normalized spacial score (nSPS) is 17.0. The van der Waals surface area contributed by atoms with Crippen molar-refractivity contribution in [2.24, 2.45) is 5.41 Å². The third-order valence-electron chi connectivity index (χ3n) is 4.79. The van der Waals surface area contributed by atoms with Crippen molar-refractivity contribution in [3.8, 4) is 11.4 Å². The number of fused-ring (bicyclic) bond motifs is 1. The molecule has 1 fully saturated rings. The molecule has 0 aliphatic carbocycles. The van der Waals surface area contributed by atoms with Gasteiger partial charge in [0.1, 0.15) is 12.1 Å². The van der Waals surface area contributed by atoms with Crippen molar-refractivity contribution in [2.45, 2.75) is 19.8 Å². The van der Waals surface area contributed by atoms with Crippen LogP contribution in [0.5, 0.6) is 0 Å². The standard InChI is InChI=1S/C18H20N4O2/c1-18(5-7-19-8-6-18)17(23)20-13-2-3-14-15(10-13)22-16(21-14)12-4-9-24-11-12/h2-4,9-11,19H,5-8H2,1H3,(H,20,23)(H,21,22). The lowest BCUT2D eigenvalue weighted by atomic mass is 9.80. The quantitative estimate of drug-likeness (QED) is 0.691. The lowest BCUT2D eigenvalue weighted by molar-refractivity contribution is -0.126. The molecular formula is C18H20N4O2. The van der Waals surface area contributed by atoms with Crippen molar-refractivity contribution in [3.05, 3.63) is 36.8 Å². The first-order valence-corrected chi connectivity index (χ1v) is 8.19. The summed E-state index contributed by atoms with van der Waals surface area (Å²) in [5, 5.41) is 6.35. The minimum Gasteiger partial charge on any atom is -0.472 e. The number of hydrogen-bond acceptors (Lipinski definition) is 4. The number of furan rings is 1. The van der Waals surface area contributed by atoms with Crippen molar-refractivity contribution in [2.75, 3.05) is 18.4 Å². The molecule has 0 spiro atoms. The largest absolute Gasteiger partial charge is 0.472 e. The fourth-order valence-corrected chi connectivity index (χ4v) is 3.11. The molecule has 1 amide bonds. The van der Waals surface area contributed by atoms with Gasteiger partial charge in [0.2, 0.25) is 5.91 Å². The number of carbonyl (C=O) groups is 1. The molecular weight excluding hydrogens is 304 g/mol. The fraction of sp³-hybridized carbons (Fsp3) is 0.333. The average Bonchev–Trinajstić information content (AvgIpc) is 3.24. The molecule has 4 rings (SSSR count). The molecule has 3 aromatic rings. The zero-order valence-electron chi connectivity index (χ0n) is 13.6. The van der Waals surface area contributed by atoms with E-state index in [0.717, 1.165) is 54.0 Å². The van der Waals surface area contributed by atoms with Crippen LogP contribution in [0.1, 0.15) is 19.8 Å². The summed E-state index contributed by atoms with van der Waals surface area (Å²) in [6, 6.07) is 7.59. The number of nitrogens with zero attached hydrogens (tertiary/aromatic N) is 1. The number of amides is 1. The van der Waals surface area contributed by atoms with Crippen LogP contribution >= 0.6 is 0 Å². The number of nitrogens with one attached hydrogen (secondary N) is 3. The van der Waals surface area contributed by atoms with E-state index in [0.29, 0.717) is 0 Å². The molecule has 0 radical (unpaired) electrons. The van der Waals surface area contributed by atoms with Crippen LogP contribution in [0.25, 0.3) is 22.4 Å². The Morgan fingerprint density at radius 3 is 2.88 bits per heavy atom. The van der Waals surface area contributed by atoms with Gasteiger partial charge < -0.3 is 20.0 Å². The maximum Gasteiger partial charge on any atom is 0.230 e. The van der Waals surface area contributed by atoms with Gasteiger partial charge in [-0.2, -0.15) is 0 Å². The fourth-order valence-electron chi connectivity index (χ4n) is 3.11.